The number of ether oxygens (including phenoxy) is 1. The number of benzene rings is 2. The molecule has 1 aromatic heterocycles. The van der Waals surface area contributed by atoms with Crippen LogP contribution in [0.3, 0.4) is 0 Å². The van der Waals surface area contributed by atoms with E-state index < -0.39 is 5.41 Å². The fourth-order valence-corrected chi connectivity index (χ4v) is 5.77. The Balaban J connectivity index is 1.28. The third-order valence-electron chi connectivity index (χ3n) is 7.98. The number of para-hydroxylation sites is 1. The molecule has 3 heterocycles. The van der Waals surface area contributed by atoms with Crippen molar-refractivity contribution in [1.29, 1.82) is 0 Å². The topological polar surface area (TPSA) is 80.6 Å². The molecule has 2 aliphatic rings. The molecule has 9 heteroatoms. The van der Waals surface area contributed by atoms with E-state index in [2.05, 4.69) is 16.4 Å². The van der Waals surface area contributed by atoms with E-state index in [1.165, 1.54) is 5.56 Å². The van der Waals surface area contributed by atoms with E-state index in [0.717, 1.165) is 37.1 Å². The fourth-order valence-electron chi connectivity index (χ4n) is 5.64. The number of hydrogen-bond donors (Lipinski definition) is 0. The van der Waals surface area contributed by atoms with Crippen molar-refractivity contribution in [2.45, 2.75) is 45.4 Å². The van der Waals surface area contributed by atoms with E-state index in [-0.39, 0.29) is 11.8 Å². The Hall–Kier alpha value is -3.39. The highest BCUT2D eigenvalue weighted by atomic mass is 35.5. The molecule has 38 heavy (non-hydrogen) atoms. The largest absolute Gasteiger partial charge is 0.491 e. The van der Waals surface area contributed by atoms with Crippen molar-refractivity contribution in [2.75, 3.05) is 33.3 Å². The molecule has 2 aliphatic heterocycles. The number of carbonyl (C=O) groups excluding carboxylic acids is 2. The molecule has 0 unspecified atom stereocenters. The van der Waals surface area contributed by atoms with Gasteiger partial charge in [0.15, 0.2) is 5.69 Å². The monoisotopic (exact) mass is 535 g/mol. The number of carbonyl (C=O) groups is 2. The first-order chi connectivity index (χ1) is 18.4. The van der Waals surface area contributed by atoms with Gasteiger partial charge in [-0.3, -0.25) is 9.59 Å². The summed E-state index contributed by atoms with van der Waals surface area (Å²) in [6.07, 6.45) is 5.00. The van der Waals surface area contributed by atoms with Gasteiger partial charge in [-0.05, 0) is 74.9 Å². The molecule has 2 aromatic carbocycles. The summed E-state index contributed by atoms with van der Waals surface area (Å²) >= 11 is 6.01. The maximum atomic E-state index is 13.7. The number of likely N-dealkylation sites (tertiary alicyclic amines) is 1. The van der Waals surface area contributed by atoms with Crippen LogP contribution in [-0.2, 0) is 11.2 Å². The van der Waals surface area contributed by atoms with Gasteiger partial charge in [-0.1, -0.05) is 41.4 Å². The van der Waals surface area contributed by atoms with Crippen LogP contribution in [0, 0.1) is 12.3 Å². The highest BCUT2D eigenvalue weighted by molar-refractivity contribution is 6.30. The Bertz CT molecular complexity index is 1300. The zero-order valence-corrected chi connectivity index (χ0v) is 22.8. The van der Waals surface area contributed by atoms with Crippen molar-refractivity contribution in [3.8, 4) is 11.4 Å². The van der Waals surface area contributed by atoms with Crippen LogP contribution in [0.2, 0.25) is 5.02 Å². The lowest BCUT2D eigenvalue weighted by atomic mass is 9.73. The lowest BCUT2D eigenvalue weighted by Gasteiger charge is -2.42. The molecule has 2 amide bonds. The highest BCUT2D eigenvalue weighted by Crippen LogP contribution is 2.39. The number of amides is 2. The summed E-state index contributed by atoms with van der Waals surface area (Å²) in [5, 5.41) is 9.06. The van der Waals surface area contributed by atoms with Crippen LogP contribution >= 0.6 is 11.6 Å². The molecule has 0 N–H and O–H groups in total. The van der Waals surface area contributed by atoms with E-state index in [0.29, 0.717) is 55.5 Å². The van der Waals surface area contributed by atoms with Gasteiger partial charge in [0, 0.05) is 25.2 Å². The van der Waals surface area contributed by atoms with Crippen molar-refractivity contribution in [3.05, 3.63) is 70.5 Å². The number of nitrogens with zero attached hydrogens (tertiary/aromatic N) is 5. The Morgan fingerprint density at radius 1 is 1.00 bits per heavy atom. The molecule has 0 radical (unpaired) electrons. The first kappa shape index (κ1) is 26.2. The summed E-state index contributed by atoms with van der Waals surface area (Å²) in [4.78, 5) is 30.8. The van der Waals surface area contributed by atoms with Gasteiger partial charge in [0.05, 0.1) is 23.3 Å². The maximum absolute atomic E-state index is 13.7. The molecule has 0 aliphatic carbocycles. The van der Waals surface area contributed by atoms with Crippen molar-refractivity contribution in [2.24, 2.45) is 5.41 Å². The second-order valence-corrected chi connectivity index (χ2v) is 10.8. The predicted octanol–water partition coefficient (Wildman–Crippen LogP) is 4.72. The molecule has 1 spiro atoms. The molecule has 0 saturated carbocycles. The minimum absolute atomic E-state index is 0.142. The number of likely N-dealkylation sites (N-methyl/N-ethyl adjacent to an activating group) is 1. The van der Waals surface area contributed by atoms with Gasteiger partial charge in [0.2, 0.25) is 5.91 Å². The Kier molecular flexibility index (Phi) is 7.70. The molecule has 8 nitrogen and oxygen atoms in total. The quantitative estimate of drug-likeness (QED) is 0.474. The number of aryl methyl sites for hydroxylation is 1. The van der Waals surface area contributed by atoms with Gasteiger partial charge in [0.1, 0.15) is 12.4 Å². The third-order valence-corrected chi connectivity index (χ3v) is 8.24. The molecule has 3 aromatic rings. The second-order valence-electron chi connectivity index (χ2n) is 10.4. The molecule has 0 atom stereocenters. The minimum Gasteiger partial charge on any atom is -0.491 e. The Labute approximate surface area is 228 Å². The van der Waals surface area contributed by atoms with Crippen LogP contribution in [0.15, 0.2) is 48.5 Å². The Morgan fingerprint density at radius 3 is 2.50 bits per heavy atom. The smallest absolute Gasteiger partial charge is 0.276 e. The third kappa shape index (κ3) is 5.27. The number of rotatable bonds is 2. The summed E-state index contributed by atoms with van der Waals surface area (Å²) in [7, 11) is 1.86. The van der Waals surface area contributed by atoms with Crippen molar-refractivity contribution in [3.63, 3.8) is 0 Å². The average Bonchev–Trinajstić information content (AvgIpc) is 3.32. The van der Waals surface area contributed by atoms with Crippen LogP contribution < -0.4 is 4.74 Å². The molecule has 1 saturated heterocycles. The average molecular weight is 536 g/mol. The second kappa shape index (κ2) is 11.2. The zero-order valence-electron chi connectivity index (χ0n) is 22.0. The van der Waals surface area contributed by atoms with Crippen LogP contribution in [0.1, 0.15) is 53.8 Å². The SMILES string of the molecule is Cc1c(C(=O)N2CCC3(CCCCc4ccccc4OCCN(C)C3=O)CC2)nnn1-c1ccc(Cl)cc1. The standard InChI is InChI=1S/C29H34ClN5O3/c1-21-26(31-32-35(21)24-12-10-23(30)11-13-24)27(36)34-17-15-29(16-18-34)14-6-5-8-22-7-3-4-9-25(22)38-20-19-33(2)28(29)37/h3-4,7,9-13H,5-6,8,14-20H2,1-2H3. The number of fused-ring (bicyclic) bond motifs is 1. The fraction of sp³-hybridized carbons (Fsp3) is 0.448. The summed E-state index contributed by atoms with van der Waals surface area (Å²) in [5.74, 6) is 0.933. The van der Waals surface area contributed by atoms with Crippen molar-refractivity contribution in [1.82, 2.24) is 24.8 Å². The lowest BCUT2D eigenvalue weighted by Crippen LogP contribution is -2.51. The van der Waals surface area contributed by atoms with Crippen LogP contribution in [-0.4, -0.2) is 69.9 Å². The van der Waals surface area contributed by atoms with E-state index in [1.807, 2.05) is 54.1 Å². The van der Waals surface area contributed by atoms with E-state index in [1.54, 1.807) is 16.8 Å². The van der Waals surface area contributed by atoms with Gasteiger partial charge in [-0.2, -0.15) is 0 Å². The van der Waals surface area contributed by atoms with Gasteiger partial charge in [0.25, 0.3) is 5.91 Å². The summed E-state index contributed by atoms with van der Waals surface area (Å²) in [6, 6.07) is 15.4. The molecule has 1 fully saturated rings. The van der Waals surface area contributed by atoms with Crippen molar-refractivity contribution >= 4 is 23.4 Å². The van der Waals surface area contributed by atoms with E-state index in [9.17, 15) is 9.59 Å². The first-order valence-corrected chi connectivity index (χ1v) is 13.7. The molecular weight excluding hydrogens is 502 g/mol. The molecule has 0 bridgehead atoms. The van der Waals surface area contributed by atoms with Crippen LogP contribution in [0.5, 0.6) is 5.75 Å². The molecular formula is C29H34ClN5O3. The van der Waals surface area contributed by atoms with E-state index in [4.69, 9.17) is 16.3 Å². The Morgan fingerprint density at radius 2 is 1.74 bits per heavy atom. The van der Waals surface area contributed by atoms with Gasteiger partial charge in [-0.25, -0.2) is 4.68 Å². The molecule has 5 rings (SSSR count). The van der Waals surface area contributed by atoms with Gasteiger partial charge in [-0.15, -0.1) is 5.10 Å². The maximum Gasteiger partial charge on any atom is 0.276 e. The van der Waals surface area contributed by atoms with Crippen molar-refractivity contribution < 1.29 is 14.3 Å². The predicted molar refractivity (Wildman–Crippen MR) is 146 cm³/mol. The van der Waals surface area contributed by atoms with Gasteiger partial charge >= 0.3 is 0 Å². The van der Waals surface area contributed by atoms with Crippen LogP contribution in [0.25, 0.3) is 5.69 Å². The molecule has 200 valence electrons. The zero-order chi connectivity index (χ0) is 26.7. The van der Waals surface area contributed by atoms with Crippen LogP contribution in [0.4, 0.5) is 0 Å². The summed E-state index contributed by atoms with van der Waals surface area (Å²) < 4.78 is 7.69. The normalized spacial score (nSPS) is 18.3. The number of hydrogen-bond acceptors (Lipinski definition) is 5. The number of aromatic nitrogens is 3. The lowest BCUT2D eigenvalue weighted by molar-refractivity contribution is -0.144. The number of halogens is 1. The summed E-state index contributed by atoms with van der Waals surface area (Å²) in [5.41, 5.74) is 2.58. The van der Waals surface area contributed by atoms with E-state index >= 15 is 0 Å². The number of piperidine rings is 1. The van der Waals surface area contributed by atoms with Gasteiger partial charge < -0.3 is 14.5 Å². The first-order valence-electron chi connectivity index (χ1n) is 13.3. The summed E-state index contributed by atoms with van der Waals surface area (Å²) in [6.45, 7) is 3.88. The highest BCUT2D eigenvalue weighted by Gasteiger charge is 2.43. The minimum atomic E-state index is -0.458.